The van der Waals surface area contributed by atoms with E-state index in [9.17, 15) is 23.2 Å². The maximum Gasteiger partial charge on any atom is 0.303 e. The standard InChI is InChI=1S/C27H31F2NO5Si/c1-36(2,3)27-20(28)11-16(12-21(27)29)13-22(31)26-19-14-18-8-10-35-23(18)15-17(19)7-9-30(26)24(32)5-4-6-25(33)34/h11-12,14-15,26H,4-10,13H2,1-3H3,(H,33,34)/t26-/m1/s1. The van der Waals surface area contributed by atoms with Crippen LogP contribution in [0.3, 0.4) is 0 Å². The van der Waals surface area contributed by atoms with Crippen molar-refractivity contribution in [2.75, 3.05) is 13.2 Å². The van der Waals surface area contributed by atoms with Gasteiger partial charge in [0.05, 0.1) is 14.7 Å². The zero-order valence-corrected chi connectivity index (χ0v) is 21.8. The van der Waals surface area contributed by atoms with Gasteiger partial charge in [-0.2, -0.15) is 0 Å². The van der Waals surface area contributed by atoms with Crippen molar-refractivity contribution in [1.82, 2.24) is 4.90 Å². The summed E-state index contributed by atoms with van der Waals surface area (Å²) in [5, 5.41) is 9.03. The first kappa shape index (κ1) is 26.0. The smallest absolute Gasteiger partial charge is 0.303 e. The van der Waals surface area contributed by atoms with Crippen LogP contribution >= 0.6 is 0 Å². The van der Waals surface area contributed by atoms with Crippen LogP contribution in [0.2, 0.25) is 19.6 Å². The topological polar surface area (TPSA) is 83.9 Å². The number of carboxylic acid groups (broad SMARTS) is 1. The lowest BCUT2D eigenvalue weighted by Crippen LogP contribution is -2.44. The van der Waals surface area contributed by atoms with E-state index in [-0.39, 0.29) is 48.1 Å². The monoisotopic (exact) mass is 515 g/mol. The normalized spacial score (nSPS) is 16.8. The van der Waals surface area contributed by atoms with Gasteiger partial charge in [-0.3, -0.25) is 14.4 Å². The molecule has 1 N–H and O–H groups in total. The third kappa shape index (κ3) is 5.35. The van der Waals surface area contributed by atoms with Gasteiger partial charge in [-0.05, 0) is 59.4 Å². The Bertz CT molecular complexity index is 1200. The number of amides is 1. The van der Waals surface area contributed by atoms with Crippen molar-refractivity contribution in [3.8, 4) is 5.75 Å². The van der Waals surface area contributed by atoms with Crippen LogP contribution in [-0.2, 0) is 33.6 Å². The molecular formula is C27H31F2NO5Si. The molecule has 0 aromatic heterocycles. The molecule has 0 unspecified atom stereocenters. The number of rotatable bonds is 8. The molecule has 0 spiro atoms. The molecule has 2 aliphatic rings. The summed E-state index contributed by atoms with van der Waals surface area (Å²) in [5.41, 5.74) is 2.81. The van der Waals surface area contributed by atoms with Crippen LogP contribution in [0.25, 0.3) is 0 Å². The third-order valence-corrected chi connectivity index (χ3v) is 8.79. The van der Waals surface area contributed by atoms with Crippen molar-refractivity contribution in [3.63, 3.8) is 0 Å². The molecule has 2 aromatic carbocycles. The summed E-state index contributed by atoms with van der Waals surface area (Å²) in [6.45, 7) is 6.42. The number of hydrogen-bond acceptors (Lipinski definition) is 4. The lowest BCUT2D eigenvalue weighted by Gasteiger charge is -2.37. The quantitative estimate of drug-likeness (QED) is 0.539. The Hall–Kier alpha value is -3.07. The van der Waals surface area contributed by atoms with Gasteiger partial charge in [0.2, 0.25) is 5.91 Å². The van der Waals surface area contributed by atoms with Crippen LogP contribution in [0.5, 0.6) is 5.75 Å². The van der Waals surface area contributed by atoms with Gasteiger partial charge in [0.25, 0.3) is 0 Å². The molecular weight excluding hydrogens is 484 g/mol. The fraction of sp³-hybridized carbons (Fsp3) is 0.444. The van der Waals surface area contributed by atoms with Gasteiger partial charge >= 0.3 is 5.97 Å². The number of carboxylic acids is 1. The number of fused-ring (bicyclic) bond motifs is 2. The first-order valence-corrected chi connectivity index (χ1v) is 15.8. The molecule has 36 heavy (non-hydrogen) atoms. The average molecular weight is 516 g/mol. The molecule has 4 rings (SSSR count). The number of carbonyl (C=O) groups excluding carboxylic acids is 2. The Morgan fingerprint density at radius 1 is 1.03 bits per heavy atom. The highest BCUT2D eigenvalue weighted by Crippen LogP contribution is 2.38. The summed E-state index contributed by atoms with van der Waals surface area (Å²) in [5.74, 6) is -2.12. The van der Waals surface area contributed by atoms with E-state index >= 15 is 0 Å². The lowest BCUT2D eigenvalue weighted by molar-refractivity contribution is -0.141. The summed E-state index contributed by atoms with van der Waals surface area (Å²) in [6, 6.07) is 5.39. The number of ketones is 1. The average Bonchev–Trinajstić information content (AvgIpc) is 3.22. The summed E-state index contributed by atoms with van der Waals surface area (Å²) < 4.78 is 35.4. The Kier molecular flexibility index (Phi) is 7.31. The number of carbonyl (C=O) groups is 3. The minimum absolute atomic E-state index is 0.00757. The molecule has 2 aliphatic heterocycles. The second kappa shape index (κ2) is 10.1. The predicted molar refractivity (Wildman–Crippen MR) is 133 cm³/mol. The maximum absolute atomic E-state index is 14.9. The summed E-state index contributed by atoms with van der Waals surface area (Å²) >= 11 is 0. The molecule has 192 valence electrons. The largest absolute Gasteiger partial charge is 0.493 e. The van der Waals surface area contributed by atoms with Crippen molar-refractivity contribution in [3.05, 3.63) is 58.2 Å². The molecule has 2 aromatic rings. The Balaban J connectivity index is 1.66. The Labute approximate surface area is 210 Å². The van der Waals surface area contributed by atoms with Crippen LogP contribution in [0, 0.1) is 11.6 Å². The van der Waals surface area contributed by atoms with Crippen LogP contribution in [0.4, 0.5) is 8.78 Å². The van der Waals surface area contributed by atoms with Crippen LogP contribution in [0.15, 0.2) is 24.3 Å². The van der Waals surface area contributed by atoms with Gasteiger partial charge in [-0.25, -0.2) is 8.78 Å². The highest BCUT2D eigenvalue weighted by Gasteiger charge is 2.37. The number of Topliss-reactive ketones (excluding diaryl/α,β-unsaturated/α-hetero) is 1. The van der Waals surface area contributed by atoms with Crippen LogP contribution in [0.1, 0.15) is 47.6 Å². The number of aliphatic carboxylic acids is 1. The van der Waals surface area contributed by atoms with Crippen LogP contribution in [-0.4, -0.2) is 48.9 Å². The van der Waals surface area contributed by atoms with Gasteiger partial charge < -0.3 is 14.7 Å². The predicted octanol–water partition coefficient (Wildman–Crippen LogP) is 3.94. The zero-order valence-electron chi connectivity index (χ0n) is 20.8. The van der Waals surface area contributed by atoms with Gasteiger partial charge in [0.15, 0.2) is 5.78 Å². The number of hydrogen-bond donors (Lipinski definition) is 1. The molecule has 0 fully saturated rings. The zero-order chi connectivity index (χ0) is 26.2. The van der Waals surface area contributed by atoms with E-state index in [4.69, 9.17) is 9.84 Å². The second-order valence-corrected chi connectivity index (χ2v) is 15.6. The summed E-state index contributed by atoms with van der Waals surface area (Å²) in [4.78, 5) is 39.2. The van der Waals surface area contributed by atoms with Crippen molar-refractivity contribution < 1.29 is 33.0 Å². The fourth-order valence-corrected chi connectivity index (χ4v) is 6.77. The minimum Gasteiger partial charge on any atom is -0.493 e. The molecule has 1 atom stereocenters. The summed E-state index contributed by atoms with van der Waals surface area (Å²) in [6.07, 6.45) is 1.05. The molecule has 0 saturated carbocycles. The van der Waals surface area contributed by atoms with E-state index in [2.05, 4.69) is 0 Å². The molecule has 9 heteroatoms. The van der Waals surface area contributed by atoms with Crippen LogP contribution < -0.4 is 9.92 Å². The molecule has 6 nitrogen and oxygen atoms in total. The lowest BCUT2D eigenvalue weighted by atomic mass is 9.86. The van der Waals surface area contributed by atoms with Gasteiger partial charge in [0.1, 0.15) is 23.4 Å². The highest BCUT2D eigenvalue weighted by atomic mass is 28.3. The molecule has 1 amide bonds. The Morgan fingerprint density at radius 3 is 2.36 bits per heavy atom. The highest BCUT2D eigenvalue weighted by molar-refractivity contribution is 6.88. The minimum atomic E-state index is -2.26. The Morgan fingerprint density at radius 2 is 1.72 bits per heavy atom. The SMILES string of the molecule is C[Si](C)(C)c1c(F)cc(CC(=O)[C@H]2c3cc4c(cc3CCN2C(=O)CCCC(=O)O)OCC4)cc1F. The van der Waals surface area contributed by atoms with Crippen molar-refractivity contribution >= 4 is 30.9 Å². The van der Waals surface area contributed by atoms with E-state index in [0.717, 1.165) is 16.9 Å². The fourth-order valence-electron chi connectivity index (χ4n) is 5.19. The van der Waals surface area contributed by atoms with Crippen molar-refractivity contribution in [2.24, 2.45) is 0 Å². The van der Waals surface area contributed by atoms with Gasteiger partial charge in [-0.15, -0.1) is 0 Å². The van der Waals surface area contributed by atoms with E-state index in [1.807, 2.05) is 31.8 Å². The van der Waals surface area contributed by atoms with Gasteiger partial charge in [0, 0.05) is 37.4 Å². The number of benzene rings is 2. The maximum atomic E-state index is 14.9. The third-order valence-electron chi connectivity index (χ3n) is 6.82. The number of nitrogens with zero attached hydrogens (tertiary/aromatic N) is 1. The molecule has 0 bridgehead atoms. The van der Waals surface area contributed by atoms with Crippen molar-refractivity contribution in [1.29, 1.82) is 0 Å². The van der Waals surface area contributed by atoms with E-state index in [0.29, 0.717) is 31.6 Å². The van der Waals surface area contributed by atoms with E-state index in [1.165, 1.54) is 17.0 Å². The van der Waals surface area contributed by atoms with Gasteiger partial charge in [-0.1, -0.05) is 19.6 Å². The molecule has 0 radical (unpaired) electrons. The molecule has 2 heterocycles. The number of ether oxygens (including phenoxy) is 1. The molecule has 0 aliphatic carbocycles. The first-order chi connectivity index (χ1) is 17.0. The van der Waals surface area contributed by atoms with E-state index in [1.54, 1.807) is 0 Å². The van der Waals surface area contributed by atoms with E-state index < -0.39 is 31.7 Å². The first-order valence-electron chi connectivity index (χ1n) is 12.3. The summed E-state index contributed by atoms with van der Waals surface area (Å²) in [7, 11) is -2.26. The number of halogens is 2. The van der Waals surface area contributed by atoms with Crippen molar-refractivity contribution in [2.45, 2.75) is 64.2 Å². The second-order valence-electron chi connectivity index (χ2n) is 10.6. The molecule has 0 saturated heterocycles.